The summed E-state index contributed by atoms with van der Waals surface area (Å²) < 4.78 is 5.32. The molecular formula is C21H22ClN3O3S. The maximum atomic E-state index is 12.9. The molecule has 0 fully saturated rings. The average molecular weight is 432 g/mol. The summed E-state index contributed by atoms with van der Waals surface area (Å²) in [4.78, 5) is 28.9. The molecule has 1 aromatic carbocycles. The highest BCUT2D eigenvalue weighted by Crippen LogP contribution is 2.30. The number of esters is 1. The lowest BCUT2D eigenvalue weighted by molar-refractivity contribution is -0.139. The number of rotatable bonds is 5. The van der Waals surface area contributed by atoms with Crippen molar-refractivity contribution in [3.63, 3.8) is 0 Å². The molecule has 0 aliphatic carbocycles. The van der Waals surface area contributed by atoms with Crippen LogP contribution < -0.4 is 10.6 Å². The largest absolute Gasteiger partial charge is 0.463 e. The molecule has 0 saturated heterocycles. The molecule has 0 spiro atoms. The topological polar surface area (TPSA) is 70.7 Å². The fraction of sp³-hybridized carbons (Fsp3) is 0.333. The van der Waals surface area contributed by atoms with Crippen molar-refractivity contribution in [1.82, 2.24) is 15.5 Å². The normalized spacial score (nSPS) is 19.4. The van der Waals surface area contributed by atoms with E-state index in [9.17, 15) is 9.59 Å². The third-order valence-corrected chi connectivity index (χ3v) is 6.40. The first-order chi connectivity index (χ1) is 14.0. The molecule has 2 aliphatic rings. The fourth-order valence-electron chi connectivity index (χ4n) is 3.76. The molecule has 6 nitrogen and oxygen atoms in total. The number of benzene rings is 1. The number of hydrogen-bond donors (Lipinski definition) is 2. The lowest BCUT2D eigenvalue weighted by Gasteiger charge is -2.33. The van der Waals surface area contributed by atoms with Gasteiger partial charge in [0, 0.05) is 35.2 Å². The second-order valence-corrected chi connectivity index (χ2v) is 8.46. The second-order valence-electron chi connectivity index (χ2n) is 7.03. The Morgan fingerprint density at radius 1 is 1.31 bits per heavy atom. The molecule has 1 atom stereocenters. The number of halogens is 1. The first-order valence-corrected chi connectivity index (χ1v) is 10.8. The molecule has 2 amide bonds. The van der Waals surface area contributed by atoms with Gasteiger partial charge in [-0.25, -0.2) is 9.59 Å². The van der Waals surface area contributed by atoms with E-state index >= 15 is 0 Å². The zero-order chi connectivity index (χ0) is 20.4. The number of nitrogens with one attached hydrogen (secondary N) is 2. The molecular weight excluding hydrogens is 410 g/mol. The number of thiophene rings is 1. The number of fused-ring (bicyclic) bond motifs is 1. The van der Waals surface area contributed by atoms with Crippen LogP contribution in [-0.2, 0) is 22.5 Å². The standard InChI is InChI=1S/C21H22ClN3O3S/c1-2-28-20(26)18-16(12-25-9-7-17-14(11-25)8-10-29-17)23-21(27)24-19(18)13-3-5-15(22)6-4-13/h3-6,8,10,19H,2,7,9,11-12H2,1H3,(H2,23,24,27). The molecule has 1 aromatic heterocycles. The minimum absolute atomic E-state index is 0.263. The predicted octanol–water partition coefficient (Wildman–Crippen LogP) is 3.63. The van der Waals surface area contributed by atoms with E-state index in [2.05, 4.69) is 27.0 Å². The van der Waals surface area contributed by atoms with Gasteiger partial charge in [-0.2, -0.15) is 0 Å². The Bertz CT molecular complexity index is 954. The number of nitrogens with zero attached hydrogens (tertiary/aromatic N) is 1. The van der Waals surface area contributed by atoms with Crippen LogP contribution in [-0.4, -0.2) is 36.6 Å². The molecule has 2 N–H and O–H groups in total. The van der Waals surface area contributed by atoms with Crippen molar-refractivity contribution in [2.75, 3.05) is 19.7 Å². The van der Waals surface area contributed by atoms with Crippen molar-refractivity contribution in [2.45, 2.75) is 25.9 Å². The first-order valence-electron chi connectivity index (χ1n) is 9.56. The van der Waals surface area contributed by atoms with E-state index in [1.807, 2.05) is 12.1 Å². The number of amides is 2. The lowest BCUT2D eigenvalue weighted by atomic mass is 9.94. The van der Waals surface area contributed by atoms with E-state index < -0.39 is 12.0 Å². The summed E-state index contributed by atoms with van der Waals surface area (Å²) in [6.45, 7) is 4.18. The van der Waals surface area contributed by atoms with E-state index in [1.54, 1.807) is 30.4 Å². The summed E-state index contributed by atoms with van der Waals surface area (Å²) >= 11 is 7.79. The summed E-state index contributed by atoms with van der Waals surface area (Å²) in [7, 11) is 0. The van der Waals surface area contributed by atoms with Crippen LogP contribution >= 0.6 is 22.9 Å². The van der Waals surface area contributed by atoms with Crippen molar-refractivity contribution in [3.05, 3.63) is 68.0 Å². The number of urea groups is 1. The second kappa shape index (κ2) is 8.57. The molecule has 2 aliphatic heterocycles. The third kappa shape index (κ3) is 4.32. The lowest BCUT2D eigenvalue weighted by Crippen LogP contribution is -2.48. The van der Waals surface area contributed by atoms with Crippen molar-refractivity contribution in [1.29, 1.82) is 0 Å². The minimum Gasteiger partial charge on any atom is -0.463 e. The van der Waals surface area contributed by atoms with Gasteiger partial charge in [-0.1, -0.05) is 23.7 Å². The summed E-state index contributed by atoms with van der Waals surface area (Å²) in [5.74, 6) is -0.428. The molecule has 4 rings (SSSR count). The Hall–Kier alpha value is -2.35. The highest BCUT2D eigenvalue weighted by molar-refractivity contribution is 7.10. The fourth-order valence-corrected chi connectivity index (χ4v) is 4.78. The summed E-state index contributed by atoms with van der Waals surface area (Å²) in [5.41, 5.74) is 3.12. The molecule has 1 unspecified atom stereocenters. The Morgan fingerprint density at radius 3 is 2.86 bits per heavy atom. The number of carbonyl (C=O) groups is 2. The van der Waals surface area contributed by atoms with Gasteiger partial charge in [-0.05, 0) is 48.1 Å². The Balaban J connectivity index is 1.67. The number of carbonyl (C=O) groups excluding carboxylic acids is 2. The molecule has 2 aromatic rings. The van der Waals surface area contributed by atoms with Crippen LogP contribution in [0.1, 0.15) is 29.0 Å². The Morgan fingerprint density at radius 2 is 2.10 bits per heavy atom. The van der Waals surface area contributed by atoms with Crippen LogP contribution in [0.4, 0.5) is 4.79 Å². The van der Waals surface area contributed by atoms with Gasteiger partial charge in [-0.3, -0.25) is 4.90 Å². The van der Waals surface area contributed by atoms with E-state index in [4.69, 9.17) is 16.3 Å². The average Bonchev–Trinajstić information content (AvgIpc) is 3.16. The Labute approximate surface area is 178 Å². The number of hydrogen-bond acceptors (Lipinski definition) is 5. The molecule has 8 heteroatoms. The van der Waals surface area contributed by atoms with E-state index in [-0.39, 0.29) is 12.6 Å². The van der Waals surface area contributed by atoms with Crippen LogP contribution in [0.2, 0.25) is 5.02 Å². The summed E-state index contributed by atoms with van der Waals surface area (Å²) in [5, 5.41) is 8.40. The maximum Gasteiger partial charge on any atom is 0.338 e. The van der Waals surface area contributed by atoms with Crippen molar-refractivity contribution < 1.29 is 14.3 Å². The van der Waals surface area contributed by atoms with Crippen LogP contribution in [0.5, 0.6) is 0 Å². The van der Waals surface area contributed by atoms with E-state index in [1.165, 1.54) is 10.4 Å². The third-order valence-electron chi connectivity index (χ3n) is 5.12. The zero-order valence-electron chi connectivity index (χ0n) is 16.0. The van der Waals surface area contributed by atoms with Crippen LogP contribution in [0, 0.1) is 0 Å². The zero-order valence-corrected chi connectivity index (χ0v) is 17.6. The van der Waals surface area contributed by atoms with E-state index in [0.29, 0.717) is 22.8 Å². The molecule has 0 radical (unpaired) electrons. The summed E-state index contributed by atoms with van der Waals surface area (Å²) in [6.07, 6.45) is 0.974. The first kappa shape index (κ1) is 19.9. The molecule has 152 valence electrons. The van der Waals surface area contributed by atoms with Crippen LogP contribution in [0.15, 0.2) is 47.0 Å². The minimum atomic E-state index is -0.587. The monoisotopic (exact) mass is 431 g/mol. The summed E-state index contributed by atoms with van der Waals surface area (Å²) in [6, 6.07) is 8.34. The highest BCUT2D eigenvalue weighted by Gasteiger charge is 2.34. The van der Waals surface area contributed by atoms with Crippen molar-refractivity contribution in [3.8, 4) is 0 Å². The number of ether oxygens (including phenoxy) is 1. The van der Waals surface area contributed by atoms with Gasteiger partial charge >= 0.3 is 12.0 Å². The van der Waals surface area contributed by atoms with Crippen LogP contribution in [0.3, 0.4) is 0 Å². The smallest absolute Gasteiger partial charge is 0.338 e. The van der Waals surface area contributed by atoms with Gasteiger partial charge in [0.05, 0.1) is 18.2 Å². The molecule has 3 heterocycles. The van der Waals surface area contributed by atoms with Gasteiger partial charge < -0.3 is 15.4 Å². The van der Waals surface area contributed by atoms with Gasteiger partial charge in [-0.15, -0.1) is 11.3 Å². The molecule has 29 heavy (non-hydrogen) atoms. The maximum absolute atomic E-state index is 12.9. The van der Waals surface area contributed by atoms with E-state index in [0.717, 1.165) is 25.1 Å². The molecule has 0 bridgehead atoms. The SMILES string of the molecule is CCOC(=O)C1=C(CN2CCc3sccc3C2)NC(=O)NC1c1ccc(Cl)cc1. The van der Waals surface area contributed by atoms with Gasteiger partial charge in [0.15, 0.2) is 0 Å². The van der Waals surface area contributed by atoms with Gasteiger partial charge in [0.1, 0.15) is 0 Å². The predicted molar refractivity (Wildman–Crippen MR) is 113 cm³/mol. The molecule has 0 saturated carbocycles. The van der Waals surface area contributed by atoms with Crippen molar-refractivity contribution in [2.24, 2.45) is 0 Å². The Kier molecular flexibility index (Phi) is 5.89. The van der Waals surface area contributed by atoms with Crippen molar-refractivity contribution >= 4 is 34.9 Å². The highest BCUT2D eigenvalue weighted by atomic mass is 35.5. The van der Waals surface area contributed by atoms with Gasteiger partial charge in [0.25, 0.3) is 0 Å². The van der Waals surface area contributed by atoms with Crippen LogP contribution in [0.25, 0.3) is 0 Å². The quantitative estimate of drug-likeness (QED) is 0.709. The van der Waals surface area contributed by atoms with Gasteiger partial charge in [0.2, 0.25) is 0 Å².